The van der Waals surface area contributed by atoms with Gasteiger partial charge in [0, 0.05) is 44.8 Å². The third-order valence-corrected chi connectivity index (χ3v) is 4.53. The standard InChI is InChI=1S/C14H29N3/c1-14(6-4-3-5-7-14)15-8-9-17-12-10-16(2)11-13-17/h15H,3-13H2,1-2H3. The summed E-state index contributed by atoms with van der Waals surface area (Å²) in [5.41, 5.74) is 0.435. The molecule has 2 rings (SSSR count). The summed E-state index contributed by atoms with van der Waals surface area (Å²) in [4.78, 5) is 5.02. The van der Waals surface area contributed by atoms with Gasteiger partial charge < -0.3 is 10.2 Å². The van der Waals surface area contributed by atoms with Gasteiger partial charge in [0.2, 0.25) is 0 Å². The highest BCUT2D eigenvalue weighted by molar-refractivity contribution is 4.86. The minimum Gasteiger partial charge on any atom is -0.310 e. The molecule has 3 heteroatoms. The fourth-order valence-corrected chi connectivity index (χ4v) is 3.10. The number of piperazine rings is 1. The summed E-state index contributed by atoms with van der Waals surface area (Å²) in [6.45, 7) is 9.76. The predicted octanol–water partition coefficient (Wildman–Crippen LogP) is 1.55. The molecule has 1 aliphatic heterocycles. The summed E-state index contributed by atoms with van der Waals surface area (Å²) in [7, 11) is 2.22. The molecule has 3 nitrogen and oxygen atoms in total. The number of likely N-dealkylation sites (N-methyl/N-ethyl adjacent to an activating group) is 1. The molecule has 100 valence electrons. The summed E-state index contributed by atoms with van der Waals surface area (Å²) < 4.78 is 0. The van der Waals surface area contributed by atoms with Crippen LogP contribution in [0.25, 0.3) is 0 Å². The Morgan fingerprint density at radius 3 is 2.29 bits per heavy atom. The molecule has 1 aliphatic carbocycles. The molecular formula is C14H29N3. The zero-order valence-corrected chi connectivity index (χ0v) is 11.7. The molecular weight excluding hydrogens is 210 g/mol. The number of hydrogen-bond donors (Lipinski definition) is 1. The van der Waals surface area contributed by atoms with Crippen LogP contribution in [-0.4, -0.2) is 61.7 Å². The lowest BCUT2D eigenvalue weighted by Gasteiger charge is -2.37. The summed E-state index contributed by atoms with van der Waals surface area (Å²) in [6, 6.07) is 0. The van der Waals surface area contributed by atoms with E-state index in [9.17, 15) is 0 Å². The molecule has 0 atom stereocenters. The van der Waals surface area contributed by atoms with Crippen molar-refractivity contribution in [2.45, 2.75) is 44.6 Å². The van der Waals surface area contributed by atoms with Gasteiger partial charge in [-0.05, 0) is 26.8 Å². The van der Waals surface area contributed by atoms with Crippen molar-refractivity contribution in [2.24, 2.45) is 0 Å². The molecule has 0 amide bonds. The molecule has 0 radical (unpaired) electrons. The largest absolute Gasteiger partial charge is 0.310 e. The molecule has 0 bridgehead atoms. The molecule has 1 heterocycles. The quantitative estimate of drug-likeness (QED) is 0.803. The molecule has 0 unspecified atom stereocenters. The van der Waals surface area contributed by atoms with E-state index >= 15 is 0 Å². The lowest BCUT2D eigenvalue weighted by atomic mass is 9.83. The molecule has 1 N–H and O–H groups in total. The Morgan fingerprint density at radius 2 is 1.65 bits per heavy atom. The van der Waals surface area contributed by atoms with Crippen molar-refractivity contribution >= 4 is 0 Å². The third kappa shape index (κ3) is 4.23. The topological polar surface area (TPSA) is 18.5 Å². The van der Waals surface area contributed by atoms with Crippen LogP contribution in [0.2, 0.25) is 0 Å². The van der Waals surface area contributed by atoms with Crippen LogP contribution in [0.5, 0.6) is 0 Å². The average molecular weight is 239 g/mol. The number of nitrogens with zero attached hydrogens (tertiary/aromatic N) is 2. The van der Waals surface area contributed by atoms with Crippen LogP contribution in [0.4, 0.5) is 0 Å². The fourth-order valence-electron chi connectivity index (χ4n) is 3.10. The van der Waals surface area contributed by atoms with Gasteiger partial charge in [0.1, 0.15) is 0 Å². The first kappa shape index (κ1) is 13.3. The molecule has 0 aromatic carbocycles. The molecule has 2 fully saturated rings. The zero-order chi connectivity index (χ0) is 12.1. The Morgan fingerprint density at radius 1 is 1.00 bits per heavy atom. The van der Waals surface area contributed by atoms with Crippen LogP contribution < -0.4 is 5.32 Å². The van der Waals surface area contributed by atoms with E-state index in [0.717, 1.165) is 0 Å². The van der Waals surface area contributed by atoms with Gasteiger partial charge in [-0.1, -0.05) is 19.3 Å². The van der Waals surface area contributed by atoms with Crippen molar-refractivity contribution in [2.75, 3.05) is 46.3 Å². The minimum absolute atomic E-state index is 0.435. The first-order valence-electron chi connectivity index (χ1n) is 7.34. The van der Waals surface area contributed by atoms with Crippen LogP contribution in [0.1, 0.15) is 39.0 Å². The smallest absolute Gasteiger partial charge is 0.0153 e. The van der Waals surface area contributed by atoms with E-state index < -0.39 is 0 Å². The van der Waals surface area contributed by atoms with Gasteiger partial charge in [-0.25, -0.2) is 0 Å². The molecule has 0 aromatic heterocycles. The van der Waals surface area contributed by atoms with Crippen LogP contribution in [0, 0.1) is 0 Å². The molecule has 2 aliphatic rings. The van der Waals surface area contributed by atoms with Gasteiger partial charge in [0.05, 0.1) is 0 Å². The zero-order valence-electron chi connectivity index (χ0n) is 11.7. The van der Waals surface area contributed by atoms with E-state index in [0.29, 0.717) is 5.54 Å². The Kier molecular flexibility index (Phi) is 4.83. The van der Waals surface area contributed by atoms with Crippen molar-refractivity contribution < 1.29 is 0 Å². The van der Waals surface area contributed by atoms with Gasteiger partial charge in [-0.15, -0.1) is 0 Å². The van der Waals surface area contributed by atoms with E-state index in [2.05, 4.69) is 29.1 Å². The summed E-state index contributed by atoms with van der Waals surface area (Å²) >= 11 is 0. The van der Waals surface area contributed by atoms with E-state index in [4.69, 9.17) is 0 Å². The summed E-state index contributed by atoms with van der Waals surface area (Å²) in [6.07, 6.45) is 7.01. The van der Waals surface area contributed by atoms with Gasteiger partial charge in [0.15, 0.2) is 0 Å². The second-order valence-electron chi connectivity index (χ2n) is 6.19. The first-order chi connectivity index (χ1) is 8.18. The van der Waals surface area contributed by atoms with E-state index in [-0.39, 0.29) is 0 Å². The van der Waals surface area contributed by atoms with E-state index in [1.807, 2.05) is 0 Å². The maximum Gasteiger partial charge on any atom is 0.0153 e. The van der Waals surface area contributed by atoms with Crippen molar-refractivity contribution in [3.8, 4) is 0 Å². The molecule has 1 saturated carbocycles. The van der Waals surface area contributed by atoms with Crippen LogP contribution in [-0.2, 0) is 0 Å². The maximum atomic E-state index is 3.80. The van der Waals surface area contributed by atoms with E-state index in [1.165, 1.54) is 71.4 Å². The summed E-state index contributed by atoms with van der Waals surface area (Å²) in [5.74, 6) is 0. The molecule has 17 heavy (non-hydrogen) atoms. The predicted molar refractivity (Wildman–Crippen MR) is 73.4 cm³/mol. The van der Waals surface area contributed by atoms with Crippen molar-refractivity contribution in [3.63, 3.8) is 0 Å². The number of rotatable bonds is 4. The van der Waals surface area contributed by atoms with Gasteiger partial charge in [-0.3, -0.25) is 4.90 Å². The van der Waals surface area contributed by atoms with E-state index in [1.54, 1.807) is 0 Å². The normalized spacial score (nSPS) is 27.2. The summed E-state index contributed by atoms with van der Waals surface area (Å²) in [5, 5.41) is 3.80. The highest BCUT2D eigenvalue weighted by Gasteiger charge is 2.25. The fraction of sp³-hybridized carbons (Fsp3) is 1.00. The Hall–Kier alpha value is -0.120. The second-order valence-corrected chi connectivity index (χ2v) is 6.19. The Balaban J connectivity index is 1.62. The lowest BCUT2D eigenvalue weighted by molar-refractivity contribution is 0.147. The second kappa shape index (κ2) is 6.17. The van der Waals surface area contributed by atoms with Crippen LogP contribution >= 0.6 is 0 Å². The number of hydrogen-bond acceptors (Lipinski definition) is 3. The van der Waals surface area contributed by atoms with Crippen molar-refractivity contribution in [3.05, 3.63) is 0 Å². The monoisotopic (exact) mass is 239 g/mol. The lowest BCUT2D eigenvalue weighted by Crippen LogP contribution is -2.50. The molecule has 1 saturated heterocycles. The highest BCUT2D eigenvalue weighted by atomic mass is 15.2. The van der Waals surface area contributed by atoms with Crippen molar-refractivity contribution in [1.29, 1.82) is 0 Å². The number of nitrogens with one attached hydrogen (secondary N) is 1. The van der Waals surface area contributed by atoms with Crippen LogP contribution in [0.15, 0.2) is 0 Å². The first-order valence-corrected chi connectivity index (χ1v) is 7.34. The van der Waals surface area contributed by atoms with Gasteiger partial charge in [0.25, 0.3) is 0 Å². The Labute approximate surface area is 107 Å². The van der Waals surface area contributed by atoms with Crippen LogP contribution in [0.3, 0.4) is 0 Å². The average Bonchev–Trinajstić information content (AvgIpc) is 2.32. The SMILES string of the molecule is CN1CCN(CCNC2(C)CCCCC2)CC1. The van der Waals surface area contributed by atoms with Crippen molar-refractivity contribution in [1.82, 2.24) is 15.1 Å². The molecule has 0 aromatic rings. The maximum absolute atomic E-state index is 3.80. The highest BCUT2D eigenvalue weighted by Crippen LogP contribution is 2.27. The van der Waals surface area contributed by atoms with Gasteiger partial charge in [-0.2, -0.15) is 0 Å². The van der Waals surface area contributed by atoms with Gasteiger partial charge >= 0.3 is 0 Å². The minimum atomic E-state index is 0.435. The Bertz CT molecular complexity index is 216. The third-order valence-electron chi connectivity index (χ3n) is 4.53. The molecule has 0 spiro atoms.